The quantitative estimate of drug-likeness (QED) is 0.264. The van der Waals surface area contributed by atoms with Crippen LogP contribution in [-0.4, -0.2) is 24.2 Å². The molecule has 0 saturated carbocycles. The number of aryl methyl sites for hydroxylation is 1. The first kappa shape index (κ1) is 19.5. The second-order valence-corrected chi connectivity index (χ2v) is 6.24. The van der Waals surface area contributed by atoms with Crippen LogP contribution in [-0.2, 0) is 4.84 Å². The summed E-state index contributed by atoms with van der Waals surface area (Å²) in [5.74, 6) is -5.71. The summed E-state index contributed by atoms with van der Waals surface area (Å²) in [5, 5.41) is 11.2. The molecule has 134 valence electrons. The molecule has 0 unspecified atom stereocenters. The summed E-state index contributed by atoms with van der Waals surface area (Å²) in [6.07, 6.45) is 0. The van der Waals surface area contributed by atoms with Gasteiger partial charge in [0, 0.05) is 9.26 Å². The van der Waals surface area contributed by atoms with Crippen molar-refractivity contribution in [2.75, 3.05) is 18.5 Å². The average molecular weight is 466 g/mol. The lowest BCUT2D eigenvalue weighted by atomic mass is 10.1. The van der Waals surface area contributed by atoms with E-state index >= 15 is 0 Å². The minimum absolute atomic E-state index is 0.211. The van der Waals surface area contributed by atoms with Gasteiger partial charge in [-0.25, -0.2) is 18.7 Å². The number of halogens is 4. The minimum Gasteiger partial charge on any atom is -0.394 e. The van der Waals surface area contributed by atoms with E-state index in [1.807, 2.05) is 5.48 Å². The zero-order chi connectivity index (χ0) is 18.6. The number of nitrogens with one attached hydrogen (secondary N) is 2. The van der Waals surface area contributed by atoms with Crippen LogP contribution in [0.25, 0.3) is 0 Å². The molecular weight excluding hydrogens is 452 g/mol. The van der Waals surface area contributed by atoms with Crippen molar-refractivity contribution >= 4 is 39.9 Å². The molecule has 3 N–H and O–H groups in total. The van der Waals surface area contributed by atoms with Crippen molar-refractivity contribution in [3.63, 3.8) is 0 Å². The van der Waals surface area contributed by atoms with Crippen LogP contribution >= 0.6 is 22.6 Å². The maximum Gasteiger partial charge on any atom is 0.277 e. The third kappa shape index (κ3) is 4.61. The number of hydrogen-bond acceptors (Lipinski definition) is 4. The smallest absolute Gasteiger partial charge is 0.277 e. The molecule has 0 aliphatic carbocycles. The van der Waals surface area contributed by atoms with E-state index in [4.69, 9.17) is 5.11 Å². The van der Waals surface area contributed by atoms with Gasteiger partial charge in [0.05, 0.1) is 24.5 Å². The van der Waals surface area contributed by atoms with Crippen molar-refractivity contribution < 1.29 is 27.9 Å². The summed E-state index contributed by atoms with van der Waals surface area (Å²) in [5.41, 5.74) is 2.08. The van der Waals surface area contributed by atoms with E-state index in [1.54, 1.807) is 25.1 Å². The Hall–Kier alpha value is -1.85. The van der Waals surface area contributed by atoms with Crippen LogP contribution in [0.15, 0.2) is 24.3 Å². The molecule has 2 aromatic carbocycles. The van der Waals surface area contributed by atoms with E-state index in [9.17, 15) is 18.0 Å². The van der Waals surface area contributed by atoms with Crippen molar-refractivity contribution in [1.29, 1.82) is 0 Å². The molecule has 0 atom stereocenters. The minimum atomic E-state index is -1.70. The van der Waals surface area contributed by atoms with Crippen LogP contribution in [0, 0.1) is 27.9 Å². The van der Waals surface area contributed by atoms with Crippen molar-refractivity contribution in [3.05, 3.63) is 56.4 Å². The van der Waals surface area contributed by atoms with Crippen LogP contribution < -0.4 is 10.8 Å². The van der Waals surface area contributed by atoms with Crippen LogP contribution in [0.5, 0.6) is 0 Å². The molecular formula is C16H14F3IN2O3. The average Bonchev–Trinajstić information content (AvgIpc) is 2.57. The molecule has 1 amide bonds. The van der Waals surface area contributed by atoms with Gasteiger partial charge in [-0.1, -0.05) is 0 Å². The number of hydrogen-bond donors (Lipinski definition) is 3. The standard InChI is InChI=1S/C16H14F3IN2O3/c1-8-6-9(20)2-3-12(8)21-15-10(16(24)22-25-5-4-23)7-11(17)13(18)14(15)19/h2-3,6-7,21,23H,4-5H2,1H3,(H,22,24). The number of aliphatic hydroxyl groups excluding tert-OH is 1. The molecule has 0 heterocycles. The predicted molar refractivity (Wildman–Crippen MR) is 94.0 cm³/mol. The number of carbonyl (C=O) groups is 1. The Bertz CT molecular complexity index is 803. The summed E-state index contributed by atoms with van der Waals surface area (Å²) in [4.78, 5) is 16.7. The lowest BCUT2D eigenvalue weighted by Crippen LogP contribution is -2.26. The Kier molecular flexibility index (Phi) is 6.62. The largest absolute Gasteiger partial charge is 0.394 e. The van der Waals surface area contributed by atoms with Crippen molar-refractivity contribution in [2.45, 2.75) is 6.92 Å². The van der Waals surface area contributed by atoms with Gasteiger partial charge < -0.3 is 10.4 Å². The number of rotatable bonds is 6. The Morgan fingerprint density at radius 1 is 1.24 bits per heavy atom. The number of hydroxylamine groups is 1. The van der Waals surface area contributed by atoms with Crippen LogP contribution in [0.2, 0.25) is 0 Å². The first-order valence-corrected chi connectivity index (χ1v) is 8.16. The topological polar surface area (TPSA) is 70.6 Å². The molecule has 0 spiro atoms. The Balaban J connectivity index is 2.44. The van der Waals surface area contributed by atoms with Gasteiger partial charge in [-0.2, -0.15) is 0 Å². The molecule has 9 heteroatoms. The van der Waals surface area contributed by atoms with Gasteiger partial charge in [0.1, 0.15) is 0 Å². The second-order valence-electron chi connectivity index (χ2n) is 5.00. The van der Waals surface area contributed by atoms with E-state index in [0.29, 0.717) is 11.8 Å². The zero-order valence-corrected chi connectivity index (χ0v) is 15.2. The predicted octanol–water partition coefficient (Wildman–Crippen LogP) is 3.41. The van der Waals surface area contributed by atoms with E-state index in [-0.39, 0.29) is 13.2 Å². The molecule has 2 aromatic rings. The highest BCUT2D eigenvalue weighted by atomic mass is 127. The van der Waals surface area contributed by atoms with Gasteiger partial charge in [0.25, 0.3) is 5.91 Å². The third-order valence-corrected chi connectivity index (χ3v) is 3.88. The molecule has 0 bridgehead atoms. The fourth-order valence-electron chi connectivity index (χ4n) is 2.02. The third-order valence-electron chi connectivity index (χ3n) is 3.21. The molecule has 0 aromatic heterocycles. The lowest BCUT2D eigenvalue weighted by Gasteiger charge is -2.15. The number of aliphatic hydroxyl groups is 1. The summed E-state index contributed by atoms with van der Waals surface area (Å²) in [6.45, 7) is 1.17. The van der Waals surface area contributed by atoms with E-state index in [1.165, 1.54) is 0 Å². The molecule has 0 aliphatic rings. The fraction of sp³-hybridized carbons (Fsp3) is 0.188. The summed E-state index contributed by atoms with van der Waals surface area (Å²) >= 11 is 2.09. The van der Waals surface area contributed by atoms with Gasteiger partial charge >= 0.3 is 0 Å². The van der Waals surface area contributed by atoms with Crippen LogP contribution in [0.3, 0.4) is 0 Å². The number of benzene rings is 2. The summed E-state index contributed by atoms with van der Waals surface area (Å²) in [7, 11) is 0. The lowest BCUT2D eigenvalue weighted by molar-refractivity contribution is 0.0168. The van der Waals surface area contributed by atoms with Crippen molar-refractivity contribution in [3.8, 4) is 0 Å². The summed E-state index contributed by atoms with van der Waals surface area (Å²) < 4.78 is 42.3. The molecule has 25 heavy (non-hydrogen) atoms. The van der Waals surface area contributed by atoms with Gasteiger partial charge in [0.2, 0.25) is 0 Å². The maximum atomic E-state index is 14.2. The monoisotopic (exact) mass is 466 g/mol. The highest BCUT2D eigenvalue weighted by Gasteiger charge is 2.23. The van der Waals surface area contributed by atoms with Gasteiger partial charge in [-0.05, 0) is 59.3 Å². The summed E-state index contributed by atoms with van der Waals surface area (Å²) in [6, 6.07) is 5.73. The molecule has 0 saturated heterocycles. The van der Waals surface area contributed by atoms with Gasteiger partial charge in [-0.3, -0.25) is 9.63 Å². The van der Waals surface area contributed by atoms with Crippen LogP contribution in [0.1, 0.15) is 15.9 Å². The highest BCUT2D eigenvalue weighted by Crippen LogP contribution is 2.30. The van der Waals surface area contributed by atoms with E-state index in [2.05, 4.69) is 32.7 Å². The maximum absolute atomic E-state index is 14.2. The van der Waals surface area contributed by atoms with Gasteiger partial charge in [-0.15, -0.1) is 0 Å². The Morgan fingerprint density at radius 2 is 1.96 bits per heavy atom. The molecule has 0 aliphatic heterocycles. The van der Waals surface area contributed by atoms with Crippen LogP contribution in [0.4, 0.5) is 24.5 Å². The van der Waals surface area contributed by atoms with E-state index in [0.717, 1.165) is 9.13 Å². The zero-order valence-electron chi connectivity index (χ0n) is 13.0. The molecule has 0 fully saturated rings. The van der Waals surface area contributed by atoms with Crippen molar-refractivity contribution in [2.24, 2.45) is 0 Å². The molecule has 0 radical (unpaired) electrons. The Labute approximate surface area is 155 Å². The molecule has 2 rings (SSSR count). The van der Waals surface area contributed by atoms with Gasteiger partial charge in [0.15, 0.2) is 17.5 Å². The van der Waals surface area contributed by atoms with Crippen molar-refractivity contribution in [1.82, 2.24) is 5.48 Å². The molecule has 5 nitrogen and oxygen atoms in total. The highest BCUT2D eigenvalue weighted by molar-refractivity contribution is 14.1. The fourth-order valence-corrected chi connectivity index (χ4v) is 2.66. The SMILES string of the molecule is Cc1cc(I)ccc1Nc1c(C(=O)NOCCO)cc(F)c(F)c1F. The Morgan fingerprint density at radius 3 is 2.60 bits per heavy atom. The number of amides is 1. The second kappa shape index (κ2) is 8.50. The number of anilines is 2. The normalized spacial score (nSPS) is 10.6. The number of carbonyl (C=O) groups excluding carboxylic acids is 1. The first-order chi connectivity index (χ1) is 11.8. The van der Waals surface area contributed by atoms with E-state index < -0.39 is 34.6 Å². The first-order valence-electron chi connectivity index (χ1n) is 7.08.